The van der Waals surface area contributed by atoms with Crippen molar-refractivity contribution in [3.05, 3.63) is 47.8 Å². The molecule has 1 aromatic heterocycles. The maximum absolute atomic E-state index is 12.8. The van der Waals surface area contributed by atoms with E-state index in [1.807, 2.05) is 19.1 Å². The topological polar surface area (TPSA) is 101 Å². The second kappa shape index (κ2) is 9.90. The Labute approximate surface area is 178 Å². The van der Waals surface area contributed by atoms with Crippen molar-refractivity contribution in [2.45, 2.75) is 45.1 Å². The third-order valence-corrected chi connectivity index (χ3v) is 6.93. The standard InChI is InChI=1S/C21H30N4O4S/c1-6-20(26)23-17-11-9-16(10-12-17)15(4)22-21(27)19-13-18(14-24(19)5)30(28,29)25(7-2)8-3/h9-15H,6-8H2,1-5H3,(H,22,27)(H,23,26). The first kappa shape index (κ1) is 23.6. The van der Waals surface area contributed by atoms with E-state index in [2.05, 4.69) is 10.6 Å². The predicted molar refractivity (Wildman–Crippen MR) is 117 cm³/mol. The van der Waals surface area contributed by atoms with Gasteiger partial charge in [0.2, 0.25) is 15.9 Å². The number of rotatable bonds is 9. The van der Waals surface area contributed by atoms with Crippen LogP contribution in [0.25, 0.3) is 0 Å². The molecule has 8 nitrogen and oxygen atoms in total. The Kier molecular flexibility index (Phi) is 7.80. The van der Waals surface area contributed by atoms with Crippen LogP contribution in [0.5, 0.6) is 0 Å². The highest BCUT2D eigenvalue weighted by Crippen LogP contribution is 2.20. The van der Waals surface area contributed by atoms with Crippen LogP contribution in [-0.4, -0.2) is 42.2 Å². The Morgan fingerprint density at radius 1 is 1.10 bits per heavy atom. The predicted octanol–water partition coefficient (Wildman–Crippen LogP) is 2.90. The van der Waals surface area contributed by atoms with Crippen LogP contribution in [0, 0.1) is 0 Å². The van der Waals surface area contributed by atoms with Gasteiger partial charge in [-0.2, -0.15) is 4.31 Å². The third-order valence-electron chi connectivity index (χ3n) is 4.92. The average molecular weight is 435 g/mol. The smallest absolute Gasteiger partial charge is 0.268 e. The molecule has 0 aliphatic heterocycles. The van der Waals surface area contributed by atoms with Crippen molar-refractivity contribution in [3.63, 3.8) is 0 Å². The number of hydrogen-bond acceptors (Lipinski definition) is 4. The van der Waals surface area contributed by atoms with Gasteiger partial charge in [-0.1, -0.05) is 32.9 Å². The Hall–Kier alpha value is -2.65. The lowest BCUT2D eigenvalue weighted by atomic mass is 10.1. The number of carbonyl (C=O) groups excluding carboxylic acids is 2. The number of nitrogens with zero attached hydrogens (tertiary/aromatic N) is 2. The fraction of sp³-hybridized carbons (Fsp3) is 0.429. The minimum absolute atomic E-state index is 0.0664. The van der Waals surface area contributed by atoms with Crippen LogP contribution in [0.4, 0.5) is 5.69 Å². The summed E-state index contributed by atoms with van der Waals surface area (Å²) in [5.41, 5.74) is 1.82. The Balaban J connectivity index is 2.14. The molecule has 2 amide bonds. The Morgan fingerprint density at radius 2 is 1.70 bits per heavy atom. The SMILES string of the molecule is CCC(=O)Nc1ccc(C(C)NC(=O)c2cc(S(=O)(=O)N(CC)CC)cn2C)cc1. The summed E-state index contributed by atoms with van der Waals surface area (Å²) in [6.45, 7) is 7.90. The van der Waals surface area contributed by atoms with Gasteiger partial charge in [0.05, 0.1) is 6.04 Å². The van der Waals surface area contributed by atoms with E-state index in [9.17, 15) is 18.0 Å². The molecule has 0 radical (unpaired) electrons. The van der Waals surface area contributed by atoms with Gasteiger partial charge in [-0.15, -0.1) is 0 Å². The average Bonchev–Trinajstić information content (AvgIpc) is 3.11. The number of aromatic nitrogens is 1. The summed E-state index contributed by atoms with van der Waals surface area (Å²) in [6, 6.07) is 8.32. The number of amides is 2. The number of anilines is 1. The van der Waals surface area contributed by atoms with Crippen molar-refractivity contribution in [1.29, 1.82) is 0 Å². The lowest BCUT2D eigenvalue weighted by molar-refractivity contribution is -0.115. The molecule has 1 atom stereocenters. The lowest BCUT2D eigenvalue weighted by Gasteiger charge is -2.17. The number of nitrogens with one attached hydrogen (secondary N) is 2. The zero-order valence-corrected chi connectivity index (χ0v) is 18.9. The van der Waals surface area contributed by atoms with Crippen LogP contribution in [0.3, 0.4) is 0 Å². The van der Waals surface area contributed by atoms with Gasteiger partial charge >= 0.3 is 0 Å². The first-order chi connectivity index (χ1) is 14.1. The van der Waals surface area contributed by atoms with E-state index in [1.165, 1.54) is 21.1 Å². The molecule has 0 spiro atoms. The van der Waals surface area contributed by atoms with E-state index in [4.69, 9.17) is 0 Å². The number of hydrogen-bond donors (Lipinski definition) is 2. The molecule has 0 bridgehead atoms. The summed E-state index contributed by atoms with van der Waals surface area (Å²) >= 11 is 0. The van der Waals surface area contributed by atoms with E-state index in [-0.39, 0.29) is 28.4 Å². The summed E-state index contributed by atoms with van der Waals surface area (Å²) in [6.07, 6.45) is 1.86. The van der Waals surface area contributed by atoms with Gasteiger partial charge in [-0.05, 0) is 30.7 Å². The van der Waals surface area contributed by atoms with Crippen molar-refractivity contribution in [2.24, 2.45) is 7.05 Å². The first-order valence-electron chi connectivity index (χ1n) is 10.0. The molecule has 0 saturated carbocycles. The summed E-state index contributed by atoms with van der Waals surface area (Å²) in [5, 5.41) is 5.67. The van der Waals surface area contributed by atoms with Crippen molar-refractivity contribution >= 4 is 27.5 Å². The van der Waals surface area contributed by atoms with Gasteiger partial charge in [-0.3, -0.25) is 9.59 Å². The monoisotopic (exact) mass is 434 g/mol. The quantitative estimate of drug-likeness (QED) is 0.634. The molecule has 0 saturated heterocycles. The number of sulfonamides is 1. The van der Waals surface area contributed by atoms with Crippen LogP contribution in [0.15, 0.2) is 41.4 Å². The summed E-state index contributed by atoms with van der Waals surface area (Å²) < 4.78 is 28.3. The molecule has 30 heavy (non-hydrogen) atoms. The highest BCUT2D eigenvalue weighted by Gasteiger charge is 2.25. The number of aryl methyl sites for hydroxylation is 1. The molecule has 164 valence electrons. The van der Waals surface area contributed by atoms with E-state index < -0.39 is 10.0 Å². The molecular weight excluding hydrogens is 404 g/mol. The molecule has 9 heteroatoms. The van der Waals surface area contributed by atoms with E-state index in [0.29, 0.717) is 25.2 Å². The molecule has 0 aliphatic rings. The Morgan fingerprint density at radius 3 is 2.23 bits per heavy atom. The minimum Gasteiger partial charge on any atom is -0.345 e. The molecule has 1 aromatic carbocycles. The third kappa shape index (κ3) is 5.28. The highest BCUT2D eigenvalue weighted by molar-refractivity contribution is 7.89. The largest absolute Gasteiger partial charge is 0.345 e. The van der Waals surface area contributed by atoms with Crippen LogP contribution >= 0.6 is 0 Å². The molecule has 0 fully saturated rings. The Bertz CT molecular complexity index is 993. The second-order valence-electron chi connectivity index (χ2n) is 6.98. The van der Waals surface area contributed by atoms with Crippen molar-refractivity contribution in [3.8, 4) is 0 Å². The van der Waals surface area contributed by atoms with Crippen molar-refractivity contribution in [2.75, 3.05) is 18.4 Å². The lowest BCUT2D eigenvalue weighted by Crippen LogP contribution is -2.30. The van der Waals surface area contributed by atoms with Crippen molar-refractivity contribution in [1.82, 2.24) is 14.2 Å². The molecule has 2 aromatic rings. The second-order valence-corrected chi connectivity index (χ2v) is 8.92. The van der Waals surface area contributed by atoms with E-state index in [0.717, 1.165) is 5.56 Å². The normalized spacial score (nSPS) is 12.6. The van der Waals surface area contributed by atoms with Crippen LogP contribution in [-0.2, 0) is 21.9 Å². The molecule has 0 aliphatic carbocycles. The fourth-order valence-corrected chi connectivity index (χ4v) is 4.60. The highest BCUT2D eigenvalue weighted by atomic mass is 32.2. The fourth-order valence-electron chi connectivity index (χ4n) is 3.07. The van der Waals surface area contributed by atoms with E-state index in [1.54, 1.807) is 40.0 Å². The first-order valence-corrected chi connectivity index (χ1v) is 11.4. The zero-order chi connectivity index (χ0) is 22.5. The van der Waals surface area contributed by atoms with Crippen LogP contribution in [0.1, 0.15) is 56.2 Å². The van der Waals surface area contributed by atoms with Crippen LogP contribution < -0.4 is 10.6 Å². The van der Waals surface area contributed by atoms with Crippen LogP contribution in [0.2, 0.25) is 0 Å². The number of benzene rings is 1. The van der Waals surface area contributed by atoms with Gasteiger partial charge in [0, 0.05) is 38.4 Å². The molecule has 2 rings (SSSR count). The summed E-state index contributed by atoms with van der Waals surface area (Å²) in [4.78, 5) is 24.3. The molecule has 2 N–H and O–H groups in total. The molecule has 1 unspecified atom stereocenters. The van der Waals surface area contributed by atoms with Gasteiger partial charge in [-0.25, -0.2) is 8.42 Å². The zero-order valence-electron chi connectivity index (χ0n) is 18.1. The summed E-state index contributed by atoms with van der Waals surface area (Å²) in [5.74, 6) is -0.433. The minimum atomic E-state index is -3.64. The van der Waals surface area contributed by atoms with Gasteiger partial charge in [0.25, 0.3) is 5.91 Å². The van der Waals surface area contributed by atoms with Crippen molar-refractivity contribution < 1.29 is 18.0 Å². The molecular formula is C21H30N4O4S. The van der Waals surface area contributed by atoms with Gasteiger partial charge in [0.1, 0.15) is 10.6 Å². The maximum Gasteiger partial charge on any atom is 0.268 e. The van der Waals surface area contributed by atoms with Gasteiger partial charge < -0.3 is 15.2 Å². The number of carbonyl (C=O) groups is 2. The molecule has 1 heterocycles. The van der Waals surface area contributed by atoms with E-state index >= 15 is 0 Å². The summed E-state index contributed by atoms with van der Waals surface area (Å²) in [7, 11) is -1.99. The van der Waals surface area contributed by atoms with Gasteiger partial charge in [0.15, 0.2) is 0 Å². The maximum atomic E-state index is 12.8.